The second-order valence-electron chi connectivity index (χ2n) is 5.57. The number of aromatic amines is 1. The van der Waals surface area contributed by atoms with Gasteiger partial charge in [-0.25, -0.2) is 8.42 Å². The van der Waals surface area contributed by atoms with E-state index in [0.29, 0.717) is 22.3 Å². The van der Waals surface area contributed by atoms with Gasteiger partial charge in [0.05, 0.1) is 11.2 Å². The monoisotopic (exact) mass is 360 g/mol. The van der Waals surface area contributed by atoms with Gasteiger partial charge in [-0.1, -0.05) is 18.2 Å². The molecular formula is C16H16N4O4S. The van der Waals surface area contributed by atoms with Gasteiger partial charge >= 0.3 is 5.97 Å². The van der Waals surface area contributed by atoms with Gasteiger partial charge in [-0.05, 0) is 26.0 Å². The molecule has 0 aliphatic rings. The van der Waals surface area contributed by atoms with Gasteiger partial charge < -0.3 is 5.11 Å². The van der Waals surface area contributed by atoms with Crippen LogP contribution in [0.25, 0.3) is 10.9 Å². The lowest BCUT2D eigenvalue weighted by molar-refractivity contribution is -0.139. The van der Waals surface area contributed by atoms with Crippen LogP contribution in [0.3, 0.4) is 0 Å². The Morgan fingerprint density at radius 1 is 1.24 bits per heavy atom. The molecule has 8 nitrogen and oxygen atoms in total. The normalized spacial score (nSPS) is 13.0. The number of H-pyrrole nitrogens is 1. The molecule has 1 aromatic carbocycles. The third-order valence-electron chi connectivity index (χ3n) is 3.88. The van der Waals surface area contributed by atoms with Gasteiger partial charge in [0.15, 0.2) is 0 Å². The average molecular weight is 360 g/mol. The van der Waals surface area contributed by atoms with Crippen molar-refractivity contribution in [3.63, 3.8) is 0 Å². The van der Waals surface area contributed by atoms with Crippen LogP contribution >= 0.6 is 0 Å². The number of para-hydroxylation sites is 1. The quantitative estimate of drug-likeness (QED) is 0.636. The van der Waals surface area contributed by atoms with E-state index in [1.165, 1.54) is 12.3 Å². The number of fused-ring (bicyclic) bond motifs is 1. The van der Waals surface area contributed by atoms with Crippen LogP contribution in [0.4, 0.5) is 0 Å². The summed E-state index contributed by atoms with van der Waals surface area (Å²) in [5.74, 6) is -1.32. The third kappa shape index (κ3) is 3.11. The molecule has 0 saturated heterocycles. The number of nitrogens with zero attached hydrogens (tertiary/aromatic N) is 2. The number of carboxylic acids is 1. The van der Waals surface area contributed by atoms with Gasteiger partial charge in [0.1, 0.15) is 10.9 Å². The zero-order valence-corrected chi connectivity index (χ0v) is 14.3. The Bertz CT molecular complexity index is 1030. The van der Waals surface area contributed by atoms with E-state index in [-0.39, 0.29) is 10.4 Å². The molecule has 1 atom stereocenters. The smallest absolute Gasteiger partial charge is 0.326 e. The molecular weight excluding hydrogens is 344 g/mol. The van der Waals surface area contributed by atoms with Crippen LogP contribution < -0.4 is 4.72 Å². The van der Waals surface area contributed by atoms with Crippen molar-refractivity contribution in [3.8, 4) is 0 Å². The van der Waals surface area contributed by atoms with Crippen molar-refractivity contribution in [1.29, 1.82) is 0 Å². The van der Waals surface area contributed by atoms with Gasteiger partial charge in [-0.2, -0.15) is 9.82 Å². The maximum atomic E-state index is 12.8. The number of aryl methyl sites for hydroxylation is 2. The van der Waals surface area contributed by atoms with E-state index in [1.807, 2.05) is 0 Å². The van der Waals surface area contributed by atoms with Crippen molar-refractivity contribution in [2.45, 2.75) is 24.8 Å². The predicted octanol–water partition coefficient (Wildman–Crippen LogP) is 1.68. The molecule has 9 heteroatoms. The standard InChI is InChI=1S/C16H16N4O4S/c1-9-13(10(2)19-18-9)15(16(21)22)20-25(23,24)12-7-3-5-11-6-4-8-17-14(11)12/h3-8,15,20H,1-2H3,(H,18,19)(H,21,22). The van der Waals surface area contributed by atoms with Crippen molar-refractivity contribution < 1.29 is 18.3 Å². The van der Waals surface area contributed by atoms with Crippen molar-refractivity contribution in [2.24, 2.45) is 0 Å². The second kappa shape index (κ2) is 6.26. The number of rotatable bonds is 5. The molecule has 0 fully saturated rings. The number of nitrogens with one attached hydrogen (secondary N) is 2. The lowest BCUT2D eigenvalue weighted by Crippen LogP contribution is -2.34. The van der Waals surface area contributed by atoms with Gasteiger partial charge in [0.2, 0.25) is 10.0 Å². The van der Waals surface area contributed by atoms with Gasteiger partial charge in [-0.15, -0.1) is 0 Å². The highest BCUT2D eigenvalue weighted by Gasteiger charge is 2.31. The summed E-state index contributed by atoms with van der Waals surface area (Å²) in [5.41, 5.74) is 1.49. The maximum Gasteiger partial charge on any atom is 0.326 e. The Kier molecular flexibility index (Phi) is 4.27. The van der Waals surface area contributed by atoms with E-state index < -0.39 is 22.0 Å². The summed E-state index contributed by atoms with van der Waals surface area (Å²) in [6, 6.07) is 6.70. The minimum Gasteiger partial charge on any atom is -0.480 e. The SMILES string of the molecule is Cc1n[nH]c(C)c1C(NS(=O)(=O)c1cccc2cccnc12)C(=O)O. The largest absolute Gasteiger partial charge is 0.480 e. The molecule has 0 radical (unpaired) electrons. The third-order valence-corrected chi connectivity index (χ3v) is 5.33. The Morgan fingerprint density at radius 3 is 2.60 bits per heavy atom. The number of hydrogen-bond acceptors (Lipinski definition) is 5. The van der Waals surface area contributed by atoms with E-state index >= 15 is 0 Å². The highest BCUT2D eigenvalue weighted by atomic mass is 32.2. The topological polar surface area (TPSA) is 125 Å². The Labute approximate surface area is 144 Å². The average Bonchev–Trinajstić information content (AvgIpc) is 2.90. The molecule has 3 aromatic rings. The number of carboxylic acid groups (broad SMARTS) is 1. The van der Waals surface area contributed by atoms with Crippen LogP contribution in [0.1, 0.15) is 23.0 Å². The summed E-state index contributed by atoms with van der Waals surface area (Å²) in [5, 5.41) is 16.8. The minimum absolute atomic E-state index is 0.0735. The molecule has 2 aromatic heterocycles. The lowest BCUT2D eigenvalue weighted by atomic mass is 10.1. The molecule has 0 spiro atoms. The van der Waals surface area contributed by atoms with Crippen LogP contribution in [0.2, 0.25) is 0 Å². The Morgan fingerprint density at radius 2 is 1.96 bits per heavy atom. The number of sulfonamides is 1. The van der Waals surface area contributed by atoms with Crippen molar-refractivity contribution in [1.82, 2.24) is 19.9 Å². The molecule has 25 heavy (non-hydrogen) atoms. The van der Waals surface area contributed by atoms with E-state index in [4.69, 9.17) is 0 Å². The summed E-state index contributed by atoms with van der Waals surface area (Å²) in [6.07, 6.45) is 1.49. The number of benzene rings is 1. The zero-order valence-electron chi connectivity index (χ0n) is 13.5. The molecule has 0 bridgehead atoms. The first-order chi connectivity index (χ1) is 11.8. The number of pyridine rings is 1. The van der Waals surface area contributed by atoms with Gasteiger partial charge in [0, 0.05) is 22.8 Å². The van der Waals surface area contributed by atoms with E-state index in [1.54, 1.807) is 38.1 Å². The molecule has 0 amide bonds. The zero-order chi connectivity index (χ0) is 18.2. The van der Waals surface area contributed by atoms with Gasteiger partial charge in [0.25, 0.3) is 0 Å². The molecule has 1 unspecified atom stereocenters. The summed E-state index contributed by atoms with van der Waals surface area (Å²) in [6.45, 7) is 3.25. The van der Waals surface area contributed by atoms with Crippen LogP contribution in [0, 0.1) is 13.8 Å². The van der Waals surface area contributed by atoms with Crippen molar-refractivity contribution in [2.75, 3.05) is 0 Å². The number of aromatic nitrogens is 3. The summed E-state index contributed by atoms with van der Waals surface area (Å²) in [7, 11) is -4.13. The fourth-order valence-corrected chi connectivity index (χ4v) is 4.07. The number of hydrogen-bond donors (Lipinski definition) is 3. The Balaban J connectivity index is 2.09. The number of aliphatic carboxylic acids is 1. The van der Waals surface area contributed by atoms with Crippen LogP contribution in [-0.4, -0.2) is 34.7 Å². The number of carbonyl (C=O) groups is 1. The van der Waals surface area contributed by atoms with Crippen molar-refractivity contribution in [3.05, 3.63) is 53.5 Å². The molecule has 2 heterocycles. The first-order valence-electron chi connectivity index (χ1n) is 7.41. The molecule has 0 aliphatic carbocycles. The summed E-state index contributed by atoms with van der Waals surface area (Å²) < 4.78 is 27.9. The van der Waals surface area contributed by atoms with Crippen molar-refractivity contribution >= 4 is 26.9 Å². The highest BCUT2D eigenvalue weighted by Crippen LogP contribution is 2.25. The second-order valence-corrected chi connectivity index (χ2v) is 7.25. The molecule has 0 saturated carbocycles. The highest BCUT2D eigenvalue weighted by molar-refractivity contribution is 7.89. The maximum absolute atomic E-state index is 12.8. The molecule has 130 valence electrons. The molecule has 3 rings (SSSR count). The summed E-state index contributed by atoms with van der Waals surface area (Å²) >= 11 is 0. The van der Waals surface area contributed by atoms with Crippen LogP contribution in [0.15, 0.2) is 41.4 Å². The first kappa shape index (κ1) is 17.1. The fraction of sp³-hybridized carbons (Fsp3) is 0.188. The van der Waals surface area contributed by atoms with E-state index in [9.17, 15) is 18.3 Å². The summed E-state index contributed by atoms with van der Waals surface area (Å²) in [4.78, 5) is 15.7. The van der Waals surface area contributed by atoms with Crippen LogP contribution in [-0.2, 0) is 14.8 Å². The minimum atomic E-state index is -4.13. The predicted molar refractivity (Wildman–Crippen MR) is 90.5 cm³/mol. The van der Waals surface area contributed by atoms with Crippen LogP contribution in [0.5, 0.6) is 0 Å². The molecule has 3 N–H and O–H groups in total. The van der Waals surface area contributed by atoms with E-state index in [0.717, 1.165) is 0 Å². The molecule has 0 aliphatic heterocycles. The Hall–Kier alpha value is -2.78. The first-order valence-corrected chi connectivity index (χ1v) is 8.90. The van der Waals surface area contributed by atoms with E-state index in [2.05, 4.69) is 19.9 Å². The lowest BCUT2D eigenvalue weighted by Gasteiger charge is -2.16. The fourth-order valence-electron chi connectivity index (χ4n) is 2.73. The van der Waals surface area contributed by atoms with Gasteiger partial charge in [-0.3, -0.25) is 14.9 Å².